The van der Waals surface area contributed by atoms with Crippen LogP contribution in [0.3, 0.4) is 0 Å². The van der Waals surface area contributed by atoms with Gasteiger partial charge in [-0.2, -0.15) is 0 Å². The Morgan fingerprint density at radius 2 is 1.78 bits per heavy atom. The highest BCUT2D eigenvalue weighted by Crippen LogP contribution is 2.31. The first-order chi connectivity index (χ1) is 19.9. The van der Waals surface area contributed by atoms with Gasteiger partial charge in [0.1, 0.15) is 17.2 Å². The van der Waals surface area contributed by atoms with Gasteiger partial charge in [0.2, 0.25) is 0 Å². The third kappa shape index (κ3) is 8.21. The van der Waals surface area contributed by atoms with Crippen molar-refractivity contribution in [3.63, 3.8) is 0 Å². The van der Waals surface area contributed by atoms with Gasteiger partial charge in [0, 0.05) is 10.9 Å². The van der Waals surface area contributed by atoms with E-state index in [4.69, 9.17) is 14.2 Å². The third-order valence-electron chi connectivity index (χ3n) is 7.87. The lowest BCUT2D eigenvalue weighted by Crippen LogP contribution is -2.38. The first kappa shape index (κ1) is 30.3. The first-order valence-corrected chi connectivity index (χ1v) is 14.7. The van der Waals surface area contributed by atoms with Crippen molar-refractivity contribution in [2.24, 2.45) is 5.92 Å². The molecule has 3 aromatic rings. The van der Waals surface area contributed by atoms with Crippen LogP contribution in [0.5, 0.6) is 17.2 Å². The number of rotatable bonds is 10. The molecule has 1 fully saturated rings. The number of hydrogen-bond acceptors (Lipinski definition) is 7. The van der Waals surface area contributed by atoms with Crippen molar-refractivity contribution in [3.05, 3.63) is 60.2 Å². The highest BCUT2D eigenvalue weighted by Gasteiger charge is 2.23. The molecular formula is C33H43N3O5. The second kappa shape index (κ2) is 14.8. The summed E-state index contributed by atoms with van der Waals surface area (Å²) in [6.07, 6.45) is 1.96. The van der Waals surface area contributed by atoms with E-state index >= 15 is 0 Å². The van der Waals surface area contributed by atoms with Crippen molar-refractivity contribution in [2.75, 3.05) is 64.9 Å². The fourth-order valence-corrected chi connectivity index (χ4v) is 5.22. The number of methoxy groups -OCH3 is 1. The first-order valence-electron chi connectivity index (χ1n) is 14.7. The second-order valence-electron chi connectivity index (χ2n) is 10.5. The zero-order valence-corrected chi connectivity index (χ0v) is 24.8. The van der Waals surface area contributed by atoms with Crippen molar-refractivity contribution < 1.29 is 23.8 Å². The number of fused-ring (bicyclic) bond motifs is 2. The quantitative estimate of drug-likeness (QED) is 0.328. The molecule has 0 aromatic heterocycles. The fraction of sp³-hybridized carbons (Fsp3) is 0.455. The number of carbonyl (C=O) groups excluding carboxylic acids is 2. The smallest absolute Gasteiger partial charge is 0.262 e. The van der Waals surface area contributed by atoms with Crippen LogP contribution in [-0.2, 0) is 4.79 Å². The molecule has 0 radical (unpaired) electrons. The van der Waals surface area contributed by atoms with E-state index in [0.29, 0.717) is 36.1 Å². The number of benzene rings is 3. The van der Waals surface area contributed by atoms with Gasteiger partial charge < -0.3 is 24.4 Å². The summed E-state index contributed by atoms with van der Waals surface area (Å²) >= 11 is 0. The molecule has 5 rings (SSSR count). The molecule has 220 valence electrons. The molecule has 41 heavy (non-hydrogen) atoms. The number of amides is 1. The molecule has 0 saturated carbocycles. The highest BCUT2D eigenvalue weighted by atomic mass is 16.5. The summed E-state index contributed by atoms with van der Waals surface area (Å²) in [4.78, 5) is 28.9. The van der Waals surface area contributed by atoms with Gasteiger partial charge >= 0.3 is 0 Å². The maximum Gasteiger partial charge on any atom is 0.262 e. The van der Waals surface area contributed by atoms with Gasteiger partial charge in [-0.1, -0.05) is 39.0 Å². The molecule has 2 aliphatic rings. The summed E-state index contributed by atoms with van der Waals surface area (Å²) < 4.78 is 17.0. The number of ether oxygens (including phenoxy) is 3. The van der Waals surface area contributed by atoms with E-state index < -0.39 is 0 Å². The molecule has 1 saturated heterocycles. The zero-order chi connectivity index (χ0) is 29.2. The van der Waals surface area contributed by atoms with Gasteiger partial charge in [0.05, 0.1) is 25.9 Å². The summed E-state index contributed by atoms with van der Waals surface area (Å²) in [6, 6.07) is 17.3. The number of piperidine rings is 1. The molecule has 1 N–H and O–H groups in total. The number of likely N-dealkylation sites (tertiary alicyclic amines) is 1. The Morgan fingerprint density at radius 1 is 1.02 bits per heavy atom. The van der Waals surface area contributed by atoms with E-state index in [0.717, 1.165) is 48.2 Å². The van der Waals surface area contributed by atoms with Gasteiger partial charge in [-0.3, -0.25) is 14.5 Å². The topological polar surface area (TPSA) is 80.3 Å². The van der Waals surface area contributed by atoms with Gasteiger partial charge in [-0.15, -0.1) is 0 Å². The van der Waals surface area contributed by atoms with Crippen LogP contribution in [0, 0.1) is 5.92 Å². The molecule has 8 heteroatoms. The van der Waals surface area contributed by atoms with Crippen molar-refractivity contribution in [2.45, 2.75) is 33.6 Å². The monoisotopic (exact) mass is 561 g/mol. The Kier molecular flexibility index (Phi) is 11.0. The van der Waals surface area contributed by atoms with Crippen LogP contribution in [0.2, 0.25) is 0 Å². The number of nitrogens with zero attached hydrogens (tertiary/aromatic N) is 2. The summed E-state index contributed by atoms with van der Waals surface area (Å²) in [5, 5.41) is 4.94. The SMILES string of the molecule is CCN(CC)CC.COc1ccc2cccc(OCC3CCN(CC(=O)c4ccc5c(c4)NC(=O)CO5)CC3)c2c1. The van der Waals surface area contributed by atoms with Crippen LogP contribution >= 0.6 is 0 Å². The molecule has 0 atom stereocenters. The Morgan fingerprint density at radius 3 is 2.46 bits per heavy atom. The fourth-order valence-electron chi connectivity index (χ4n) is 5.22. The van der Waals surface area contributed by atoms with Crippen LogP contribution in [0.25, 0.3) is 10.8 Å². The molecule has 1 amide bonds. The standard InChI is InChI=1S/C27H28N2O5.C6H15N/c1-32-21-7-5-19-3-2-4-25(22(19)14-21)33-16-18-9-11-29(12-10-18)15-24(30)20-6-8-26-23(13-20)28-27(31)17-34-26;1-4-7(5-2)6-3/h2-8,13-14,18H,9-12,15-17H2,1H3,(H,28,31);4-6H2,1-3H3. The van der Waals surface area contributed by atoms with Crippen molar-refractivity contribution in [1.29, 1.82) is 0 Å². The van der Waals surface area contributed by atoms with E-state index in [1.165, 1.54) is 19.6 Å². The lowest BCUT2D eigenvalue weighted by molar-refractivity contribution is -0.118. The maximum atomic E-state index is 12.8. The van der Waals surface area contributed by atoms with Crippen molar-refractivity contribution in [3.8, 4) is 17.2 Å². The van der Waals surface area contributed by atoms with Gasteiger partial charge in [-0.25, -0.2) is 0 Å². The Bertz CT molecular complexity index is 1310. The number of nitrogens with one attached hydrogen (secondary N) is 1. The Balaban J connectivity index is 0.000000493. The molecule has 2 aliphatic heterocycles. The molecule has 0 spiro atoms. The van der Waals surface area contributed by atoms with Gasteiger partial charge in [0.25, 0.3) is 5.91 Å². The molecule has 2 heterocycles. The molecule has 0 bridgehead atoms. The minimum Gasteiger partial charge on any atom is -0.497 e. The van der Waals surface area contributed by atoms with E-state index in [9.17, 15) is 9.59 Å². The van der Waals surface area contributed by atoms with E-state index in [1.54, 1.807) is 25.3 Å². The molecular weight excluding hydrogens is 518 g/mol. The second-order valence-corrected chi connectivity index (χ2v) is 10.5. The van der Waals surface area contributed by atoms with E-state index in [2.05, 4.69) is 42.0 Å². The maximum absolute atomic E-state index is 12.8. The Labute approximate surface area is 243 Å². The van der Waals surface area contributed by atoms with Crippen molar-refractivity contribution >= 4 is 28.2 Å². The number of anilines is 1. The minimum atomic E-state index is -0.205. The minimum absolute atomic E-state index is 0.00758. The van der Waals surface area contributed by atoms with Gasteiger partial charge in [0.15, 0.2) is 12.4 Å². The number of hydrogen-bond donors (Lipinski definition) is 1. The van der Waals surface area contributed by atoms with Crippen LogP contribution in [0.15, 0.2) is 54.6 Å². The lowest BCUT2D eigenvalue weighted by Gasteiger charge is -2.31. The summed E-state index contributed by atoms with van der Waals surface area (Å²) in [5.74, 6) is 2.57. The molecule has 3 aromatic carbocycles. The van der Waals surface area contributed by atoms with Crippen molar-refractivity contribution in [1.82, 2.24) is 9.80 Å². The Hall–Kier alpha value is -3.62. The normalized spacial score (nSPS) is 15.4. The predicted molar refractivity (Wildman–Crippen MR) is 164 cm³/mol. The van der Waals surface area contributed by atoms with Crippen LogP contribution in [0.4, 0.5) is 5.69 Å². The largest absolute Gasteiger partial charge is 0.497 e. The van der Waals surface area contributed by atoms with E-state index in [-0.39, 0.29) is 18.3 Å². The number of ketones is 1. The van der Waals surface area contributed by atoms with Crippen LogP contribution in [0.1, 0.15) is 44.0 Å². The predicted octanol–water partition coefficient (Wildman–Crippen LogP) is 5.50. The van der Waals surface area contributed by atoms with Crippen LogP contribution in [-0.4, -0.2) is 81.1 Å². The molecule has 0 aliphatic carbocycles. The average molecular weight is 562 g/mol. The average Bonchev–Trinajstić information content (AvgIpc) is 3.01. The summed E-state index contributed by atoms with van der Waals surface area (Å²) in [6.45, 7) is 12.9. The summed E-state index contributed by atoms with van der Waals surface area (Å²) in [7, 11) is 1.67. The third-order valence-corrected chi connectivity index (χ3v) is 7.87. The van der Waals surface area contributed by atoms with E-state index in [1.807, 2.05) is 30.3 Å². The zero-order valence-electron chi connectivity index (χ0n) is 24.8. The molecule has 8 nitrogen and oxygen atoms in total. The number of carbonyl (C=O) groups is 2. The highest BCUT2D eigenvalue weighted by molar-refractivity contribution is 6.01. The molecule has 0 unspecified atom stereocenters. The summed E-state index contributed by atoms with van der Waals surface area (Å²) in [5.41, 5.74) is 1.14. The van der Waals surface area contributed by atoms with Crippen LogP contribution < -0.4 is 19.5 Å². The lowest BCUT2D eigenvalue weighted by atomic mass is 9.97. The number of Topliss-reactive ketones (excluding diaryl/α,β-unsaturated/α-hetero) is 1. The van der Waals surface area contributed by atoms with Gasteiger partial charge in [-0.05, 0) is 93.3 Å².